The fourth-order valence-electron chi connectivity index (χ4n) is 3.41. The van der Waals surface area contributed by atoms with Gasteiger partial charge < -0.3 is 10.1 Å². The third-order valence-electron chi connectivity index (χ3n) is 4.91. The van der Waals surface area contributed by atoms with E-state index in [1.54, 1.807) is 30.3 Å². The Kier molecular flexibility index (Phi) is 6.04. The Hall–Kier alpha value is -3.91. The molecule has 162 valence electrons. The molecule has 2 aromatic heterocycles. The Morgan fingerprint density at radius 1 is 1.06 bits per heavy atom. The lowest BCUT2D eigenvalue weighted by atomic mass is 10.2. The smallest absolute Gasteiger partial charge is 0.332 e. The third kappa shape index (κ3) is 4.26. The number of nitrogens with zero attached hydrogens (tertiary/aromatic N) is 3. The number of fused-ring (bicyclic) bond motifs is 1. The second kappa shape index (κ2) is 9.07. The average Bonchev–Trinajstić information content (AvgIpc) is 2.80. The first kappa shape index (κ1) is 21.3. The van der Waals surface area contributed by atoms with Gasteiger partial charge in [0.05, 0.1) is 24.9 Å². The van der Waals surface area contributed by atoms with E-state index < -0.39 is 17.2 Å². The molecule has 9 heteroatoms. The SMILES string of the molecule is COc1ccc(Cl)cc1NC(=O)Cn1c(=O)n(Cc2ccccc2)c(=O)c2ncccc21. The number of halogens is 1. The molecule has 0 radical (unpaired) electrons. The second-order valence-electron chi connectivity index (χ2n) is 7.01. The predicted octanol–water partition coefficient (Wildman–Crippen LogP) is 2.91. The van der Waals surface area contributed by atoms with E-state index in [1.807, 2.05) is 30.3 Å². The molecule has 0 spiro atoms. The van der Waals surface area contributed by atoms with Crippen LogP contribution in [0.15, 0.2) is 76.4 Å². The number of amides is 1. The monoisotopic (exact) mass is 450 g/mol. The van der Waals surface area contributed by atoms with Gasteiger partial charge in [-0.2, -0.15) is 0 Å². The van der Waals surface area contributed by atoms with Crippen LogP contribution in [0.3, 0.4) is 0 Å². The van der Waals surface area contributed by atoms with Crippen LogP contribution in [-0.2, 0) is 17.9 Å². The molecule has 1 N–H and O–H groups in total. The van der Waals surface area contributed by atoms with Gasteiger partial charge in [-0.25, -0.2) is 9.78 Å². The molecule has 0 aliphatic heterocycles. The van der Waals surface area contributed by atoms with Gasteiger partial charge in [-0.15, -0.1) is 0 Å². The van der Waals surface area contributed by atoms with Crippen molar-refractivity contribution in [2.24, 2.45) is 0 Å². The molecule has 1 amide bonds. The van der Waals surface area contributed by atoms with Gasteiger partial charge in [0.2, 0.25) is 5.91 Å². The lowest BCUT2D eigenvalue weighted by Crippen LogP contribution is -2.42. The quantitative estimate of drug-likeness (QED) is 0.487. The molecule has 0 fully saturated rings. The van der Waals surface area contributed by atoms with Crippen LogP contribution in [-0.4, -0.2) is 27.1 Å². The summed E-state index contributed by atoms with van der Waals surface area (Å²) in [5.41, 5.74) is 0.422. The summed E-state index contributed by atoms with van der Waals surface area (Å²) in [6.45, 7) is -0.263. The molecule has 0 unspecified atom stereocenters. The van der Waals surface area contributed by atoms with E-state index in [4.69, 9.17) is 16.3 Å². The number of pyridine rings is 1. The first-order valence-corrected chi connectivity index (χ1v) is 10.1. The average molecular weight is 451 g/mol. The number of hydrogen-bond donors (Lipinski definition) is 1. The second-order valence-corrected chi connectivity index (χ2v) is 7.45. The normalized spacial score (nSPS) is 10.8. The summed E-state index contributed by atoms with van der Waals surface area (Å²) in [4.78, 5) is 43.2. The number of carbonyl (C=O) groups is 1. The van der Waals surface area contributed by atoms with Gasteiger partial charge in [-0.1, -0.05) is 41.9 Å². The van der Waals surface area contributed by atoms with Crippen LogP contribution in [0.4, 0.5) is 5.69 Å². The van der Waals surface area contributed by atoms with Crippen LogP contribution in [0.1, 0.15) is 5.56 Å². The van der Waals surface area contributed by atoms with Crippen molar-refractivity contribution in [1.29, 1.82) is 0 Å². The zero-order chi connectivity index (χ0) is 22.7. The maximum atomic E-state index is 13.2. The number of benzene rings is 2. The Morgan fingerprint density at radius 3 is 2.59 bits per heavy atom. The summed E-state index contributed by atoms with van der Waals surface area (Å²) in [6, 6.07) is 17.1. The Balaban J connectivity index is 1.75. The first-order valence-electron chi connectivity index (χ1n) is 9.73. The Bertz CT molecular complexity index is 1410. The molecule has 4 rings (SSSR count). The fraction of sp³-hybridized carbons (Fsp3) is 0.130. The van der Waals surface area contributed by atoms with Crippen molar-refractivity contribution in [2.75, 3.05) is 12.4 Å². The molecule has 0 saturated carbocycles. The molecule has 8 nitrogen and oxygen atoms in total. The number of anilines is 1. The minimum absolute atomic E-state index is 0.0642. The molecule has 4 aromatic rings. The van der Waals surface area contributed by atoms with Crippen LogP contribution in [0.25, 0.3) is 11.0 Å². The van der Waals surface area contributed by atoms with Gasteiger partial charge >= 0.3 is 5.69 Å². The molecule has 2 aromatic carbocycles. The van der Waals surface area contributed by atoms with Crippen molar-refractivity contribution in [3.8, 4) is 5.75 Å². The first-order chi connectivity index (χ1) is 15.5. The topological polar surface area (TPSA) is 95.2 Å². The van der Waals surface area contributed by atoms with E-state index in [2.05, 4.69) is 10.3 Å². The van der Waals surface area contributed by atoms with Crippen LogP contribution < -0.4 is 21.3 Å². The molecule has 0 bridgehead atoms. The number of hydrogen-bond acceptors (Lipinski definition) is 5. The maximum absolute atomic E-state index is 13.2. The molecule has 0 atom stereocenters. The highest BCUT2D eigenvalue weighted by molar-refractivity contribution is 6.31. The summed E-state index contributed by atoms with van der Waals surface area (Å²) in [5, 5.41) is 3.13. The van der Waals surface area contributed by atoms with E-state index in [1.165, 1.54) is 17.9 Å². The zero-order valence-electron chi connectivity index (χ0n) is 17.1. The Labute approximate surface area is 187 Å². The van der Waals surface area contributed by atoms with Gasteiger partial charge in [0.25, 0.3) is 5.56 Å². The van der Waals surface area contributed by atoms with E-state index in [9.17, 15) is 14.4 Å². The molecular weight excluding hydrogens is 432 g/mol. The molecular formula is C23H19ClN4O4. The van der Waals surface area contributed by atoms with Crippen molar-refractivity contribution in [1.82, 2.24) is 14.1 Å². The van der Waals surface area contributed by atoms with E-state index in [-0.39, 0.29) is 24.1 Å². The Morgan fingerprint density at radius 2 is 1.84 bits per heavy atom. The van der Waals surface area contributed by atoms with Gasteiger partial charge in [-0.05, 0) is 35.9 Å². The van der Waals surface area contributed by atoms with Gasteiger partial charge in [0.1, 0.15) is 12.3 Å². The van der Waals surface area contributed by atoms with Crippen LogP contribution in [0.5, 0.6) is 5.75 Å². The zero-order valence-corrected chi connectivity index (χ0v) is 17.9. The van der Waals surface area contributed by atoms with Gasteiger partial charge in [0.15, 0.2) is 5.52 Å². The van der Waals surface area contributed by atoms with Crippen LogP contribution in [0, 0.1) is 0 Å². The summed E-state index contributed by atoms with van der Waals surface area (Å²) >= 11 is 6.03. The maximum Gasteiger partial charge on any atom is 0.332 e. The molecule has 0 aliphatic rings. The number of nitrogens with one attached hydrogen (secondary N) is 1. The lowest BCUT2D eigenvalue weighted by Gasteiger charge is -2.15. The largest absolute Gasteiger partial charge is 0.495 e. The highest BCUT2D eigenvalue weighted by atomic mass is 35.5. The van der Waals surface area contributed by atoms with Crippen molar-refractivity contribution in [3.05, 3.63) is 98.3 Å². The van der Waals surface area contributed by atoms with E-state index in [0.717, 1.165) is 10.1 Å². The molecule has 32 heavy (non-hydrogen) atoms. The standard InChI is InChI=1S/C23H19ClN4O4/c1-32-19-10-9-16(24)12-17(19)26-20(29)14-27-18-8-5-11-25-21(18)22(30)28(23(27)31)13-15-6-3-2-4-7-15/h2-12H,13-14H2,1H3,(H,26,29). The van der Waals surface area contributed by atoms with Crippen molar-refractivity contribution in [3.63, 3.8) is 0 Å². The van der Waals surface area contributed by atoms with Crippen LogP contribution in [0.2, 0.25) is 5.02 Å². The van der Waals surface area contributed by atoms with Crippen molar-refractivity contribution >= 4 is 34.2 Å². The molecule has 0 saturated heterocycles. The minimum atomic E-state index is -0.604. The van der Waals surface area contributed by atoms with Crippen molar-refractivity contribution < 1.29 is 9.53 Å². The van der Waals surface area contributed by atoms with E-state index >= 15 is 0 Å². The number of aromatic nitrogens is 3. The summed E-state index contributed by atoms with van der Waals surface area (Å²) in [6.07, 6.45) is 1.47. The highest BCUT2D eigenvalue weighted by Crippen LogP contribution is 2.27. The number of rotatable bonds is 6. The number of methoxy groups -OCH3 is 1. The fourth-order valence-corrected chi connectivity index (χ4v) is 3.58. The van der Waals surface area contributed by atoms with Gasteiger partial charge in [-0.3, -0.25) is 18.7 Å². The van der Waals surface area contributed by atoms with E-state index in [0.29, 0.717) is 16.5 Å². The molecule has 2 heterocycles. The predicted molar refractivity (Wildman–Crippen MR) is 122 cm³/mol. The highest BCUT2D eigenvalue weighted by Gasteiger charge is 2.17. The van der Waals surface area contributed by atoms with Gasteiger partial charge in [0, 0.05) is 11.2 Å². The third-order valence-corrected chi connectivity index (χ3v) is 5.14. The summed E-state index contributed by atoms with van der Waals surface area (Å²) in [5.74, 6) is -0.0570. The molecule has 0 aliphatic carbocycles. The lowest BCUT2D eigenvalue weighted by molar-refractivity contribution is -0.116. The summed E-state index contributed by atoms with van der Waals surface area (Å²) in [7, 11) is 1.47. The van der Waals surface area contributed by atoms with Crippen LogP contribution >= 0.6 is 11.6 Å². The summed E-state index contributed by atoms with van der Waals surface area (Å²) < 4.78 is 7.57. The number of carbonyl (C=O) groups excluding carboxylic acids is 1. The number of ether oxygens (including phenoxy) is 1. The van der Waals surface area contributed by atoms with Crippen molar-refractivity contribution in [2.45, 2.75) is 13.1 Å². The minimum Gasteiger partial charge on any atom is -0.495 e.